The molecule has 2 rings (SSSR count). The summed E-state index contributed by atoms with van der Waals surface area (Å²) in [6, 6.07) is 10.6. The van der Waals surface area contributed by atoms with Gasteiger partial charge in [0.1, 0.15) is 5.60 Å². The number of carboxylic acid groups (broad SMARTS) is 1. The van der Waals surface area contributed by atoms with Crippen LogP contribution in [-0.2, 0) is 9.47 Å². The third kappa shape index (κ3) is 5.50. The van der Waals surface area contributed by atoms with Gasteiger partial charge >= 0.3 is 23.9 Å². The molecule has 7 nitrogen and oxygen atoms in total. The van der Waals surface area contributed by atoms with Gasteiger partial charge in [-0.3, -0.25) is 0 Å². The van der Waals surface area contributed by atoms with Crippen LogP contribution in [0.3, 0.4) is 0 Å². The van der Waals surface area contributed by atoms with Gasteiger partial charge in [0, 0.05) is 0 Å². The lowest BCUT2D eigenvalue weighted by atomic mass is 10.1. The van der Waals surface area contributed by atoms with Crippen LogP contribution in [0.1, 0.15) is 62.2 Å². The molecular weight excluding hydrogens is 352 g/mol. The Kier molecular flexibility index (Phi) is 5.75. The molecular formula is C20H18O7. The molecule has 140 valence electrons. The SMILES string of the molecule is CC(C)(C)OC(=O)c1cccc(C(=O)OC(=O)c2ccc(C(=O)O)cc2)c1. The van der Waals surface area contributed by atoms with Crippen molar-refractivity contribution in [2.45, 2.75) is 26.4 Å². The van der Waals surface area contributed by atoms with E-state index in [1.165, 1.54) is 48.5 Å². The topological polar surface area (TPSA) is 107 Å². The summed E-state index contributed by atoms with van der Waals surface area (Å²) in [6.45, 7) is 5.16. The molecule has 27 heavy (non-hydrogen) atoms. The van der Waals surface area contributed by atoms with Crippen LogP contribution < -0.4 is 0 Å². The maximum Gasteiger partial charge on any atom is 0.346 e. The van der Waals surface area contributed by atoms with Gasteiger partial charge in [0.2, 0.25) is 0 Å². The zero-order valence-corrected chi connectivity index (χ0v) is 15.0. The van der Waals surface area contributed by atoms with E-state index in [0.29, 0.717) is 0 Å². The van der Waals surface area contributed by atoms with Crippen molar-refractivity contribution in [3.63, 3.8) is 0 Å². The fourth-order valence-electron chi connectivity index (χ4n) is 2.06. The van der Waals surface area contributed by atoms with E-state index in [1.54, 1.807) is 20.8 Å². The molecule has 0 aliphatic heterocycles. The van der Waals surface area contributed by atoms with Crippen molar-refractivity contribution < 1.29 is 33.8 Å². The first-order valence-electron chi connectivity index (χ1n) is 8.00. The number of hydrogen-bond acceptors (Lipinski definition) is 6. The maximum atomic E-state index is 12.2. The highest BCUT2D eigenvalue weighted by atomic mass is 16.6. The lowest BCUT2D eigenvalue weighted by Gasteiger charge is -2.19. The van der Waals surface area contributed by atoms with Crippen molar-refractivity contribution in [3.8, 4) is 0 Å². The number of carbonyl (C=O) groups excluding carboxylic acids is 3. The van der Waals surface area contributed by atoms with E-state index in [2.05, 4.69) is 0 Å². The monoisotopic (exact) mass is 370 g/mol. The second-order valence-electron chi connectivity index (χ2n) is 6.64. The third-order valence-corrected chi connectivity index (χ3v) is 3.29. The fourth-order valence-corrected chi connectivity index (χ4v) is 2.06. The Hall–Kier alpha value is -3.48. The average molecular weight is 370 g/mol. The summed E-state index contributed by atoms with van der Waals surface area (Å²) >= 11 is 0. The molecule has 0 heterocycles. The first kappa shape index (κ1) is 19.8. The van der Waals surface area contributed by atoms with Crippen LogP contribution in [0.25, 0.3) is 0 Å². The van der Waals surface area contributed by atoms with Gasteiger partial charge in [-0.1, -0.05) is 6.07 Å². The molecule has 7 heteroatoms. The molecule has 0 spiro atoms. The summed E-state index contributed by atoms with van der Waals surface area (Å²) in [6.07, 6.45) is 0. The lowest BCUT2D eigenvalue weighted by Crippen LogP contribution is -2.24. The molecule has 0 saturated heterocycles. The molecule has 0 fully saturated rings. The quantitative estimate of drug-likeness (QED) is 0.650. The zero-order chi connectivity index (χ0) is 20.2. The van der Waals surface area contributed by atoms with Gasteiger partial charge in [0.15, 0.2) is 0 Å². The highest BCUT2D eigenvalue weighted by molar-refractivity contribution is 6.04. The van der Waals surface area contributed by atoms with E-state index in [-0.39, 0.29) is 22.3 Å². The summed E-state index contributed by atoms with van der Waals surface area (Å²) in [5.74, 6) is -3.61. The molecule has 0 bridgehead atoms. The van der Waals surface area contributed by atoms with Gasteiger partial charge in [-0.15, -0.1) is 0 Å². The van der Waals surface area contributed by atoms with E-state index >= 15 is 0 Å². The Morgan fingerprint density at radius 1 is 0.741 bits per heavy atom. The molecule has 0 aromatic heterocycles. The van der Waals surface area contributed by atoms with Crippen LogP contribution in [0.15, 0.2) is 48.5 Å². The molecule has 0 radical (unpaired) electrons. The van der Waals surface area contributed by atoms with Crippen molar-refractivity contribution in [1.29, 1.82) is 0 Å². The molecule has 0 amide bonds. The van der Waals surface area contributed by atoms with Crippen LogP contribution in [0, 0.1) is 0 Å². The third-order valence-electron chi connectivity index (χ3n) is 3.29. The van der Waals surface area contributed by atoms with Crippen molar-refractivity contribution in [2.75, 3.05) is 0 Å². The van der Waals surface area contributed by atoms with Crippen LogP contribution in [-0.4, -0.2) is 34.6 Å². The number of carboxylic acids is 1. The van der Waals surface area contributed by atoms with E-state index < -0.39 is 29.5 Å². The van der Waals surface area contributed by atoms with Gasteiger partial charge in [-0.25, -0.2) is 19.2 Å². The number of hydrogen-bond donors (Lipinski definition) is 1. The van der Waals surface area contributed by atoms with Gasteiger partial charge < -0.3 is 14.6 Å². The highest BCUT2D eigenvalue weighted by Crippen LogP contribution is 2.15. The summed E-state index contributed by atoms with van der Waals surface area (Å²) in [4.78, 5) is 47.1. The lowest BCUT2D eigenvalue weighted by molar-refractivity contribution is 0.00691. The Labute approximate surface area is 155 Å². The standard InChI is InChI=1S/C20H18O7/c1-20(2,3)27-19(25)15-6-4-5-14(11-15)18(24)26-17(23)13-9-7-12(8-10-13)16(21)22/h4-11H,1-3H3,(H,21,22). The van der Waals surface area contributed by atoms with Crippen LogP contribution in [0.5, 0.6) is 0 Å². The summed E-state index contributed by atoms with van der Waals surface area (Å²) < 4.78 is 10.0. The van der Waals surface area contributed by atoms with Crippen molar-refractivity contribution >= 4 is 23.9 Å². The summed E-state index contributed by atoms with van der Waals surface area (Å²) in [7, 11) is 0. The van der Waals surface area contributed by atoms with E-state index in [0.717, 1.165) is 0 Å². The highest BCUT2D eigenvalue weighted by Gasteiger charge is 2.20. The molecule has 2 aromatic carbocycles. The Morgan fingerprint density at radius 3 is 1.74 bits per heavy atom. The molecule has 1 N–H and O–H groups in total. The molecule has 0 unspecified atom stereocenters. The number of esters is 3. The number of aromatic carboxylic acids is 1. The van der Waals surface area contributed by atoms with Crippen LogP contribution in [0.4, 0.5) is 0 Å². The molecule has 0 aliphatic carbocycles. The summed E-state index contributed by atoms with van der Waals surface area (Å²) in [5, 5.41) is 8.84. The number of carbonyl (C=O) groups is 4. The van der Waals surface area contributed by atoms with E-state index in [1.807, 2.05) is 0 Å². The smallest absolute Gasteiger partial charge is 0.346 e. The Morgan fingerprint density at radius 2 is 1.22 bits per heavy atom. The fraction of sp³-hybridized carbons (Fsp3) is 0.200. The predicted molar refractivity (Wildman–Crippen MR) is 94.8 cm³/mol. The first-order chi connectivity index (χ1) is 12.6. The molecule has 2 aromatic rings. The minimum Gasteiger partial charge on any atom is -0.478 e. The minimum absolute atomic E-state index is 0.00272. The van der Waals surface area contributed by atoms with Crippen LogP contribution >= 0.6 is 0 Å². The Balaban J connectivity index is 2.11. The van der Waals surface area contributed by atoms with Gasteiger partial charge in [0.05, 0.1) is 22.3 Å². The number of benzene rings is 2. The number of rotatable bonds is 4. The second kappa shape index (κ2) is 7.82. The normalized spacial score (nSPS) is 10.8. The van der Waals surface area contributed by atoms with Gasteiger partial charge in [-0.2, -0.15) is 0 Å². The van der Waals surface area contributed by atoms with Crippen molar-refractivity contribution in [1.82, 2.24) is 0 Å². The zero-order valence-electron chi connectivity index (χ0n) is 15.0. The second-order valence-corrected chi connectivity index (χ2v) is 6.64. The van der Waals surface area contributed by atoms with Crippen molar-refractivity contribution in [2.24, 2.45) is 0 Å². The predicted octanol–water partition coefficient (Wildman–Crippen LogP) is 3.34. The molecule has 0 atom stereocenters. The van der Waals surface area contributed by atoms with Gasteiger partial charge in [0.25, 0.3) is 0 Å². The van der Waals surface area contributed by atoms with Gasteiger partial charge in [-0.05, 0) is 63.2 Å². The minimum atomic E-state index is -1.13. The number of ether oxygens (including phenoxy) is 2. The largest absolute Gasteiger partial charge is 0.478 e. The van der Waals surface area contributed by atoms with E-state index in [4.69, 9.17) is 14.6 Å². The first-order valence-corrected chi connectivity index (χ1v) is 8.00. The molecule has 0 aliphatic rings. The maximum absolute atomic E-state index is 12.2. The van der Waals surface area contributed by atoms with Crippen molar-refractivity contribution in [3.05, 3.63) is 70.8 Å². The molecule has 0 saturated carbocycles. The Bertz CT molecular complexity index is 889. The van der Waals surface area contributed by atoms with E-state index in [9.17, 15) is 19.2 Å². The average Bonchev–Trinajstić information content (AvgIpc) is 2.60. The summed E-state index contributed by atoms with van der Waals surface area (Å²) in [5.41, 5.74) is -0.503. The van der Waals surface area contributed by atoms with Crippen LogP contribution in [0.2, 0.25) is 0 Å².